The van der Waals surface area contributed by atoms with E-state index in [1.54, 1.807) is 20.8 Å². The molecule has 0 spiro atoms. The number of carbonyl (C=O) groups is 3. The van der Waals surface area contributed by atoms with Crippen molar-refractivity contribution in [3.8, 4) is 0 Å². The molecule has 25 heavy (non-hydrogen) atoms. The van der Waals surface area contributed by atoms with Crippen LogP contribution in [0.4, 0.5) is 9.93 Å². The molecule has 0 radical (unpaired) electrons. The molecular formula is C15H21N5O4S. The van der Waals surface area contributed by atoms with E-state index in [1.165, 1.54) is 0 Å². The molecule has 0 saturated carbocycles. The standard InChI is InChI=1S/C15H21N5O4S/c1-5-8-7(12(22)17-8)6-9(21)10(16)11-18-13(25-20-11)19-14(23)24-15(2,3)4/h7-8,16H,5-6H2,1-4H3,(H,17,22)(H,18,19,20,23)/t7-,8+/m0/s1. The van der Waals surface area contributed by atoms with E-state index in [1.807, 2.05) is 6.92 Å². The van der Waals surface area contributed by atoms with Gasteiger partial charge in [0.2, 0.25) is 11.0 Å². The lowest BCUT2D eigenvalue weighted by Gasteiger charge is -2.35. The van der Waals surface area contributed by atoms with Crippen LogP contribution < -0.4 is 10.6 Å². The number of aromatic nitrogens is 2. The van der Waals surface area contributed by atoms with Crippen LogP contribution in [-0.4, -0.2) is 44.5 Å². The summed E-state index contributed by atoms with van der Waals surface area (Å²) in [6, 6.07) is -0.0305. The van der Waals surface area contributed by atoms with Crippen LogP contribution in [0.5, 0.6) is 0 Å². The van der Waals surface area contributed by atoms with Crippen molar-refractivity contribution in [1.82, 2.24) is 14.7 Å². The van der Waals surface area contributed by atoms with Crippen LogP contribution in [0.15, 0.2) is 0 Å². The maximum absolute atomic E-state index is 12.2. The van der Waals surface area contributed by atoms with Gasteiger partial charge in [0.15, 0.2) is 11.6 Å². The van der Waals surface area contributed by atoms with E-state index in [0.717, 1.165) is 18.0 Å². The van der Waals surface area contributed by atoms with Crippen LogP contribution >= 0.6 is 11.5 Å². The Hall–Kier alpha value is -2.36. The lowest BCUT2D eigenvalue weighted by atomic mass is 9.84. The van der Waals surface area contributed by atoms with Crippen molar-refractivity contribution >= 4 is 40.2 Å². The average Bonchev–Trinajstić information content (AvgIpc) is 2.95. The van der Waals surface area contributed by atoms with E-state index in [4.69, 9.17) is 10.1 Å². The van der Waals surface area contributed by atoms with Crippen molar-refractivity contribution < 1.29 is 19.1 Å². The minimum atomic E-state index is -0.690. The normalized spacial score (nSPS) is 19.6. The summed E-state index contributed by atoms with van der Waals surface area (Å²) in [6.07, 6.45) is -0.00220. The summed E-state index contributed by atoms with van der Waals surface area (Å²) in [5.41, 5.74) is -1.03. The third kappa shape index (κ3) is 4.81. The van der Waals surface area contributed by atoms with Crippen LogP contribution in [0.2, 0.25) is 0 Å². The number of Topliss-reactive ketones (excluding diaryl/α,β-unsaturated/α-hetero) is 1. The zero-order chi connectivity index (χ0) is 18.8. The topological polar surface area (TPSA) is 134 Å². The number of anilines is 1. The molecule has 1 fully saturated rings. The second-order valence-corrected chi connectivity index (χ2v) is 7.43. The number of hydrogen-bond acceptors (Lipinski definition) is 8. The maximum atomic E-state index is 12.2. The quantitative estimate of drug-likeness (QED) is 0.518. The van der Waals surface area contributed by atoms with Gasteiger partial charge >= 0.3 is 6.09 Å². The molecule has 2 rings (SSSR count). The van der Waals surface area contributed by atoms with Gasteiger partial charge in [-0.05, 0) is 27.2 Å². The smallest absolute Gasteiger partial charge is 0.414 e. The van der Waals surface area contributed by atoms with Crippen LogP contribution in [0.25, 0.3) is 0 Å². The van der Waals surface area contributed by atoms with Crippen molar-refractivity contribution in [3.63, 3.8) is 0 Å². The molecule has 3 N–H and O–H groups in total. The second-order valence-electron chi connectivity index (χ2n) is 6.68. The molecule has 1 saturated heterocycles. The summed E-state index contributed by atoms with van der Waals surface area (Å²) in [5, 5.41) is 13.2. The highest BCUT2D eigenvalue weighted by atomic mass is 32.1. The highest BCUT2D eigenvalue weighted by Crippen LogP contribution is 2.23. The molecule has 0 bridgehead atoms. The molecule has 1 aromatic heterocycles. The Kier molecular flexibility index (Phi) is 5.51. The van der Waals surface area contributed by atoms with Gasteiger partial charge in [-0.1, -0.05) is 6.92 Å². The largest absolute Gasteiger partial charge is 0.444 e. The number of nitrogens with zero attached hydrogens (tertiary/aromatic N) is 2. The lowest BCUT2D eigenvalue weighted by molar-refractivity contribution is -0.137. The van der Waals surface area contributed by atoms with E-state index in [-0.39, 0.29) is 35.0 Å². The third-order valence-corrected chi connectivity index (χ3v) is 4.16. The first-order valence-corrected chi connectivity index (χ1v) is 8.64. The number of nitrogens with one attached hydrogen (secondary N) is 3. The number of rotatable bonds is 6. The number of ether oxygens (including phenoxy) is 1. The van der Waals surface area contributed by atoms with E-state index in [2.05, 4.69) is 20.0 Å². The molecule has 136 valence electrons. The first-order valence-electron chi connectivity index (χ1n) is 7.87. The van der Waals surface area contributed by atoms with E-state index in [0.29, 0.717) is 0 Å². The number of β-lactam (4-membered cyclic amide) rings is 1. The van der Waals surface area contributed by atoms with Crippen molar-refractivity contribution in [2.45, 2.75) is 52.2 Å². The fourth-order valence-corrected chi connectivity index (χ4v) is 2.85. The zero-order valence-electron chi connectivity index (χ0n) is 14.5. The van der Waals surface area contributed by atoms with Gasteiger partial charge in [0, 0.05) is 24.0 Å². The lowest BCUT2D eigenvalue weighted by Crippen LogP contribution is -2.58. The highest BCUT2D eigenvalue weighted by molar-refractivity contribution is 7.10. The summed E-state index contributed by atoms with van der Waals surface area (Å²) >= 11 is 0.848. The molecule has 1 aliphatic rings. The third-order valence-electron chi connectivity index (χ3n) is 3.53. The number of ketones is 1. The molecule has 2 atom stereocenters. The van der Waals surface area contributed by atoms with Crippen LogP contribution in [0, 0.1) is 11.3 Å². The highest BCUT2D eigenvalue weighted by Gasteiger charge is 2.40. The summed E-state index contributed by atoms with van der Waals surface area (Å²) in [6.45, 7) is 7.11. The Bertz CT molecular complexity index is 709. The molecule has 1 aliphatic heterocycles. The maximum Gasteiger partial charge on any atom is 0.414 e. The van der Waals surface area contributed by atoms with Crippen molar-refractivity contribution in [2.75, 3.05) is 5.32 Å². The average molecular weight is 367 g/mol. The molecule has 0 unspecified atom stereocenters. The van der Waals surface area contributed by atoms with Crippen molar-refractivity contribution in [1.29, 1.82) is 5.41 Å². The molecule has 2 amide bonds. The number of hydrogen-bond donors (Lipinski definition) is 3. The van der Waals surface area contributed by atoms with Crippen molar-refractivity contribution in [2.24, 2.45) is 5.92 Å². The molecule has 1 aromatic rings. The van der Waals surface area contributed by atoms with Gasteiger partial charge in [-0.15, -0.1) is 0 Å². The zero-order valence-corrected chi connectivity index (χ0v) is 15.3. The van der Waals surface area contributed by atoms with Gasteiger partial charge in [0.05, 0.1) is 5.92 Å². The predicted molar refractivity (Wildman–Crippen MR) is 91.9 cm³/mol. The Morgan fingerprint density at radius 2 is 2.08 bits per heavy atom. The minimum Gasteiger partial charge on any atom is -0.444 e. The monoisotopic (exact) mass is 367 g/mol. The molecule has 10 heteroatoms. The van der Waals surface area contributed by atoms with E-state index < -0.39 is 23.4 Å². The van der Waals surface area contributed by atoms with Crippen LogP contribution in [-0.2, 0) is 14.3 Å². The summed E-state index contributed by atoms with van der Waals surface area (Å²) in [5.74, 6) is -1.16. The summed E-state index contributed by atoms with van der Waals surface area (Å²) in [4.78, 5) is 39.3. The predicted octanol–water partition coefficient (Wildman–Crippen LogP) is 1.74. The summed E-state index contributed by atoms with van der Waals surface area (Å²) < 4.78 is 9.00. The van der Waals surface area contributed by atoms with Crippen LogP contribution in [0.1, 0.15) is 46.4 Å². The van der Waals surface area contributed by atoms with Gasteiger partial charge in [0.25, 0.3) is 0 Å². The fourth-order valence-electron chi connectivity index (χ4n) is 2.29. The Morgan fingerprint density at radius 1 is 1.40 bits per heavy atom. The van der Waals surface area contributed by atoms with Gasteiger partial charge in [-0.3, -0.25) is 20.3 Å². The van der Waals surface area contributed by atoms with E-state index in [9.17, 15) is 14.4 Å². The Labute approximate surface area is 149 Å². The fraction of sp³-hybridized carbons (Fsp3) is 0.600. The van der Waals surface area contributed by atoms with Gasteiger partial charge in [-0.2, -0.15) is 9.36 Å². The van der Waals surface area contributed by atoms with Gasteiger partial charge in [0.1, 0.15) is 11.3 Å². The van der Waals surface area contributed by atoms with Gasteiger partial charge in [-0.25, -0.2) is 4.79 Å². The summed E-state index contributed by atoms with van der Waals surface area (Å²) in [7, 11) is 0. The molecule has 0 aromatic carbocycles. The first-order chi connectivity index (χ1) is 11.6. The molecule has 9 nitrogen and oxygen atoms in total. The minimum absolute atomic E-state index is 0.0305. The second kappa shape index (κ2) is 7.26. The molecule has 2 heterocycles. The van der Waals surface area contributed by atoms with E-state index >= 15 is 0 Å². The van der Waals surface area contributed by atoms with Crippen LogP contribution in [0.3, 0.4) is 0 Å². The number of amides is 2. The first kappa shape index (κ1) is 19.0. The Morgan fingerprint density at radius 3 is 2.64 bits per heavy atom. The Balaban J connectivity index is 1.94. The SMILES string of the molecule is CC[C@H]1NC(=O)[C@H]1CC(=O)C(=N)c1nsc(NC(=O)OC(C)(C)C)n1. The van der Waals surface area contributed by atoms with Gasteiger partial charge < -0.3 is 10.1 Å². The molecule has 0 aliphatic carbocycles. The van der Waals surface area contributed by atoms with Crippen molar-refractivity contribution in [3.05, 3.63) is 5.82 Å². The number of carbonyl (C=O) groups excluding carboxylic acids is 3. The molecular weight excluding hydrogens is 346 g/mol.